The van der Waals surface area contributed by atoms with Crippen molar-refractivity contribution in [2.45, 2.75) is 13.8 Å². The van der Waals surface area contributed by atoms with E-state index in [9.17, 15) is 9.59 Å². The Labute approximate surface area is 175 Å². The van der Waals surface area contributed by atoms with Crippen molar-refractivity contribution >= 4 is 28.5 Å². The van der Waals surface area contributed by atoms with Crippen LogP contribution in [0.25, 0.3) is 11.0 Å². The highest BCUT2D eigenvalue weighted by Gasteiger charge is 2.26. The normalized spacial score (nSPS) is 14.7. The number of nitrogens with one attached hydrogen (secondary N) is 2. The molecule has 0 radical (unpaired) electrons. The number of rotatable bonds is 4. The van der Waals surface area contributed by atoms with Crippen molar-refractivity contribution in [3.05, 3.63) is 65.5 Å². The number of hydrogen-bond acceptors (Lipinski definition) is 4. The number of fused-ring (bicyclic) bond motifs is 1. The van der Waals surface area contributed by atoms with Gasteiger partial charge in [-0.25, -0.2) is 0 Å². The van der Waals surface area contributed by atoms with E-state index in [1.165, 1.54) is 4.90 Å². The van der Waals surface area contributed by atoms with Crippen molar-refractivity contribution in [3.63, 3.8) is 0 Å². The van der Waals surface area contributed by atoms with E-state index < -0.39 is 0 Å². The minimum absolute atomic E-state index is 0.00147. The van der Waals surface area contributed by atoms with E-state index in [2.05, 4.69) is 15.3 Å². The molecule has 2 N–H and O–H groups in total. The molecule has 0 bridgehead atoms. The van der Waals surface area contributed by atoms with E-state index >= 15 is 0 Å². The number of amides is 2. The molecule has 0 spiro atoms. The lowest BCUT2D eigenvalue weighted by Gasteiger charge is -2.32. The fourth-order valence-electron chi connectivity index (χ4n) is 3.90. The molecule has 4 rings (SSSR count). The number of nitrogens with zero attached hydrogens (tertiary/aromatic N) is 3. The van der Waals surface area contributed by atoms with Crippen LogP contribution in [0, 0.1) is 13.8 Å². The molecule has 0 atom stereocenters. The number of benzene rings is 2. The summed E-state index contributed by atoms with van der Waals surface area (Å²) in [6.45, 7) is 7.16. The summed E-state index contributed by atoms with van der Waals surface area (Å²) in [6.07, 6.45) is 3.27. The number of hydrogen-bond donors (Lipinski definition) is 2. The fourth-order valence-corrected chi connectivity index (χ4v) is 3.90. The molecular weight excluding hydrogens is 378 g/mol. The van der Waals surface area contributed by atoms with Gasteiger partial charge in [0.1, 0.15) is 0 Å². The Morgan fingerprint density at radius 3 is 2.37 bits per heavy atom. The molecule has 2 amide bonds. The minimum atomic E-state index is 0.00147. The first-order valence-electron chi connectivity index (χ1n) is 10.2. The summed E-state index contributed by atoms with van der Waals surface area (Å²) >= 11 is 0. The summed E-state index contributed by atoms with van der Waals surface area (Å²) in [5.41, 5.74) is 5.14. The number of quaternary nitrogens is 1. The Morgan fingerprint density at radius 2 is 1.67 bits per heavy atom. The average Bonchev–Trinajstić information content (AvgIpc) is 2.76. The van der Waals surface area contributed by atoms with Gasteiger partial charge in [-0.3, -0.25) is 19.6 Å². The Morgan fingerprint density at radius 1 is 1.00 bits per heavy atom. The maximum atomic E-state index is 12.9. The van der Waals surface area contributed by atoms with Crippen molar-refractivity contribution in [3.8, 4) is 0 Å². The molecule has 1 aliphatic rings. The summed E-state index contributed by atoms with van der Waals surface area (Å²) in [6, 6.07) is 11.4. The topological polar surface area (TPSA) is 79.6 Å². The predicted molar refractivity (Wildman–Crippen MR) is 116 cm³/mol. The number of aryl methyl sites for hydroxylation is 2. The smallest absolute Gasteiger partial charge is 0.279 e. The molecule has 0 aliphatic carbocycles. The summed E-state index contributed by atoms with van der Waals surface area (Å²) in [4.78, 5) is 37.0. The van der Waals surface area contributed by atoms with E-state index in [0.29, 0.717) is 25.2 Å². The van der Waals surface area contributed by atoms with Crippen molar-refractivity contribution in [2.75, 3.05) is 38.0 Å². The SMILES string of the molecule is Cc1cccc(C)c1NC(=O)C[NH+]1CCN(C(=O)c2ccc3nccnc3c2)CC1. The van der Waals surface area contributed by atoms with E-state index in [1.54, 1.807) is 24.5 Å². The van der Waals surface area contributed by atoms with E-state index in [-0.39, 0.29) is 11.8 Å². The number of para-hydroxylation sites is 1. The molecule has 2 aromatic carbocycles. The van der Waals surface area contributed by atoms with Crippen LogP contribution in [0.4, 0.5) is 5.69 Å². The highest BCUT2D eigenvalue weighted by atomic mass is 16.2. The first kappa shape index (κ1) is 20.0. The van der Waals surface area contributed by atoms with Gasteiger partial charge in [-0.05, 0) is 43.2 Å². The lowest BCUT2D eigenvalue weighted by molar-refractivity contribution is -0.895. The second-order valence-corrected chi connectivity index (χ2v) is 7.79. The monoisotopic (exact) mass is 404 g/mol. The van der Waals surface area contributed by atoms with Gasteiger partial charge in [0.05, 0.1) is 37.2 Å². The Kier molecular flexibility index (Phi) is 5.72. The van der Waals surface area contributed by atoms with Crippen LogP contribution in [0.3, 0.4) is 0 Å². The molecule has 3 aromatic rings. The van der Waals surface area contributed by atoms with Crippen LogP contribution in [0.15, 0.2) is 48.8 Å². The summed E-state index contributed by atoms with van der Waals surface area (Å²) in [5, 5.41) is 3.05. The zero-order valence-electron chi connectivity index (χ0n) is 17.3. The third-order valence-electron chi connectivity index (χ3n) is 5.63. The maximum absolute atomic E-state index is 12.9. The number of piperazine rings is 1. The molecule has 0 unspecified atom stereocenters. The fraction of sp³-hybridized carbons (Fsp3) is 0.304. The van der Waals surface area contributed by atoms with Gasteiger partial charge in [-0.15, -0.1) is 0 Å². The van der Waals surface area contributed by atoms with Crippen LogP contribution < -0.4 is 10.2 Å². The van der Waals surface area contributed by atoms with Gasteiger partial charge in [0.2, 0.25) is 0 Å². The van der Waals surface area contributed by atoms with Gasteiger partial charge in [0.25, 0.3) is 11.8 Å². The van der Waals surface area contributed by atoms with Crippen LogP contribution >= 0.6 is 0 Å². The van der Waals surface area contributed by atoms with Crippen LogP contribution in [0.2, 0.25) is 0 Å². The second-order valence-electron chi connectivity index (χ2n) is 7.79. The van der Waals surface area contributed by atoms with Gasteiger partial charge in [0.15, 0.2) is 6.54 Å². The minimum Gasteiger partial charge on any atom is -0.327 e. The Balaban J connectivity index is 1.33. The lowest BCUT2D eigenvalue weighted by Crippen LogP contribution is -3.15. The summed E-state index contributed by atoms with van der Waals surface area (Å²) in [5.74, 6) is 0.0110. The van der Waals surface area contributed by atoms with Gasteiger partial charge in [-0.1, -0.05) is 18.2 Å². The van der Waals surface area contributed by atoms with Crippen LogP contribution in [-0.4, -0.2) is 59.4 Å². The average molecular weight is 404 g/mol. The van der Waals surface area contributed by atoms with Crippen LogP contribution in [0.1, 0.15) is 21.5 Å². The van der Waals surface area contributed by atoms with E-state index in [1.807, 2.05) is 43.0 Å². The van der Waals surface area contributed by atoms with Gasteiger partial charge in [0, 0.05) is 23.6 Å². The Hall–Kier alpha value is -3.32. The second kappa shape index (κ2) is 8.59. The molecule has 1 saturated heterocycles. The van der Waals surface area contributed by atoms with Crippen molar-refractivity contribution in [2.24, 2.45) is 0 Å². The zero-order valence-corrected chi connectivity index (χ0v) is 17.3. The molecule has 1 aliphatic heterocycles. The Bertz CT molecular complexity index is 1070. The number of anilines is 1. The summed E-state index contributed by atoms with van der Waals surface area (Å²) < 4.78 is 0. The molecule has 30 heavy (non-hydrogen) atoms. The highest BCUT2D eigenvalue weighted by molar-refractivity contribution is 5.97. The molecule has 1 aromatic heterocycles. The van der Waals surface area contributed by atoms with Crippen molar-refractivity contribution in [1.29, 1.82) is 0 Å². The summed E-state index contributed by atoms with van der Waals surface area (Å²) in [7, 11) is 0. The zero-order chi connectivity index (χ0) is 21.1. The molecule has 154 valence electrons. The molecule has 7 nitrogen and oxygen atoms in total. The first-order valence-corrected chi connectivity index (χ1v) is 10.2. The lowest BCUT2D eigenvalue weighted by atomic mass is 10.1. The highest BCUT2D eigenvalue weighted by Crippen LogP contribution is 2.19. The van der Waals surface area contributed by atoms with E-state index in [0.717, 1.165) is 40.9 Å². The van der Waals surface area contributed by atoms with Gasteiger partial charge < -0.3 is 15.1 Å². The molecule has 0 saturated carbocycles. The molecule has 1 fully saturated rings. The van der Waals surface area contributed by atoms with Crippen molar-refractivity contribution < 1.29 is 14.5 Å². The van der Waals surface area contributed by atoms with Crippen LogP contribution in [-0.2, 0) is 4.79 Å². The van der Waals surface area contributed by atoms with Crippen LogP contribution in [0.5, 0.6) is 0 Å². The maximum Gasteiger partial charge on any atom is 0.279 e. The number of aromatic nitrogens is 2. The standard InChI is InChI=1S/C23H25N5O2/c1-16-4-3-5-17(2)22(16)26-21(29)15-27-10-12-28(13-11-27)23(30)18-6-7-19-20(14-18)25-9-8-24-19/h3-9,14H,10-13,15H2,1-2H3,(H,26,29)/p+1. The number of carbonyl (C=O) groups is 2. The number of carbonyl (C=O) groups excluding carboxylic acids is 2. The van der Waals surface area contributed by atoms with Gasteiger partial charge in [-0.2, -0.15) is 0 Å². The third-order valence-corrected chi connectivity index (χ3v) is 5.63. The van der Waals surface area contributed by atoms with Gasteiger partial charge >= 0.3 is 0 Å². The van der Waals surface area contributed by atoms with Crippen molar-refractivity contribution in [1.82, 2.24) is 14.9 Å². The van der Waals surface area contributed by atoms with E-state index in [4.69, 9.17) is 0 Å². The largest absolute Gasteiger partial charge is 0.327 e. The molecular formula is C23H26N5O2+. The molecule has 7 heteroatoms. The third kappa shape index (κ3) is 4.31. The molecule has 2 heterocycles. The predicted octanol–water partition coefficient (Wildman–Crippen LogP) is 1.23. The quantitative estimate of drug-likeness (QED) is 0.686. The first-order chi connectivity index (χ1) is 14.5.